The number of hydrogen-bond acceptors (Lipinski definition) is 3. The van der Waals surface area contributed by atoms with Crippen molar-refractivity contribution in [2.45, 2.75) is 31.7 Å². The van der Waals surface area contributed by atoms with Gasteiger partial charge in [-0.25, -0.2) is 0 Å². The lowest BCUT2D eigenvalue weighted by Gasteiger charge is -2.33. The van der Waals surface area contributed by atoms with Gasteiger partial charge in [-0.05, 0) is 50.3 Å². The number of halogens is 1. The minimum absolute atomic E-state index is 0. The molecule has 2 heterocycles. The van der Waals surface area contributed by atoms with Crippen LogP contribution >= 0.6 is 12.4 Å². The van der Waals surface area contributed by atoms with Crippen LogP contribution in [-0.2, 0) is 4.79 Å². The number of carbonyl (C=O) groups excluding carboxylic acids is 1. The minimum atomic E-state index is 0. The summed E-state index contributed by atoms with van der Waals surface area (Å²) < 4.78 is 5.83. The highest BCUT2D eigenvalue weighted by atomic mass is 35.5. The molecule has 1 aromatic carbocycles. The molecule has 0 saturated carbocycles. The van der Waals surface area contributed by atoms with Crippen LogP contribution in [0.25, 0.3) is 0 Å². The number of ether oxygens (including phenoxy) is 1. The molecule has 0 radical (unpaired) electrons. The molecule has 122 valence electrons. The molecule has 2 fully saturated rings. The van der Waals surface area contributed by atoms with Crippen LogP contribution in [0.1, 0.15) is 25.7 Å². The molecule has 22 heavy (non-hydrogen) atoms. The first-order valence-electron chi connectivity index (χ1n) is 8.03. The monoisotopic (exact) mass is 324 g/mol. The summed E-state index contributed by atoms with van der Waals surface area (Å²) in [6.07, 6.45) is 4.21. The molecule has 1 aromatic rings. The molecule has 1 unspecified atom stereocenters. The highest BCUT2D eigenvalue weighted by Crippen LogP contribution is 2.21. The molecule has 2 aliphatic rings. The molecule has 0 bridgehead atoms. The van der Waals surface area contributed by atoms with Gasteiger partial charge in [0.15, 0.2) is 0 Å². The van der Waals surface area contributed by atoms with Gasteiger partial charge in [0.25, 0.3) is 0 Å². The molecule has 2 saturated heterocycles. The second-order valence-electron chi connectivity index (χ2n) is 6.04. The molecule has 0 aliphatic carbocycles. The third-order valence-electron chi connectivity index (χ3n) is 4.51. The van der Waals surface area contributed by atoms with E-state index < -0.39 is 0 Å². The number of rotatable bonds is 4. The lowest BCUT2D eigenvalue weighted by Crippen LogP contribution is -2.47. The summed E-state index contributed by atoms with van der Waals surface area (Å²) in [6, 6.07) is 10.0. The maximum Gasteiger partial charge on any atom is 0.239 e. The van der Waals surface area contributed by atoms with Crippen LogP contribution in [0.2, 0.25) is 0 Å². The zero-order valence-electron chi connectivity index (χ0n) is 12.9. The predicted octanol–water partition coefficient (Wildman–Crippen LogP) is 2.48. The van der Waals surface area contributed by atoms with Crippen LogP contribution in [0.4, 0.5) is 0 Å². The molecular weight excluding hydrogens is 300 g/mol. The molecule has 0 aromatic heterocycles. The van der Waals surface area contributed by atoms with Crippen molar-refractivity contribution in [1.29, 1.82) is 0 Å². The van der Waals surface area contributed by atoms with Crippen molar-refractivity contribution < 1.29 is 9.53 Å². The van der Waals surface area contributed by atoms with Crippen LogP contribution in [0.3, 0.4) is 0 Å². The molecule has 0 spiro atoms. The van der Waals surface area contributed by atoms with Crippen molar-refractivity contribution in [1.82, 2.24) is 10.2 Å². The Hall–Kier alpha value is -1.26. The van der Waals surface area contributed by atoms with Gasteiger partial charge in [0.2, 0.25) is 5.91 Å². The fourth-order valence-corrected chi connectivity index (χ4v) is 3.17. The Kier molecular flexibility index (Phi) is 6.52. The van der Waals surface area contributed by atoms with Crippen molar-refractivity contribution >= 4 is 18.3 Å². The number of nitrogens with one attached hydrogen (secondary N) is 1. The summed E-state index contributed by atoms with van der Waals surface area (Å²) in [7, 11) is 0. The average Bonchev–Trinajstić information content (AvgIpc) is 3.08. The summed E-state index contributed by atoms with van der Waals surface area (Å²) in [6.45, 7) is 3.49. The molecule has 1 atom stereocenters. The minimum Gasteiger partial charge on any atom is -0.493 e. The van der Waals surface area contributed by atoms with E-state index in [-0.39, 0.29) is 18.4 Å². The van der Waals surface area contributed by atoms with Gasteiger partial charge in [0.05, 0.1) is 12.6 Å². The quantitative estimate of drug-likeness (QED) is 0.925. The maximum absolute atomic E-state index is 12.3. The van der Waals surface area contributed by atoms with Crippen molar-refractivity contribution in [2.75, 3.05) is 26.2 Å². The first-order valence-corrected chi connectivity index (χ1v) is 8.03. The van der Waals surface area contributed by atoms with E-state index >= 15 is 0 Å². The van der Waals surface area contributed by atoms with Gasteiger partial charge in [-0.3, -0.25) is 4.79 Å². The largest absolute Gasteiger partial charge is 0.493 e. The van der Waals surface area contributed by atoms with Crippen LogP contribution in [0.15, 0.2) is 30.3 Å². The second kappa shape index (κ2) is 8.39. The lowest BCUT2D eigenvalue weighted by atomic mass is 9.97. The third-order valence-corrected chi connectivity index (χ3v) is 4.51. The molecule has 1 amide bonds. The number of likely N-dealkylation sites (tertiary alicyclic amines) is 1. The van der Waals surface area contributed by atoms with E-state index in [1.165, 1.54) is 0 Å². The van der Waals surface area contributed by atoms with Gasteiger partial charge in [-0.1, -0.05) is 18.2 Å². The van der Waals surface area contributed by atoms with Crippen LogP contribution in [-0.4, -0.2) is 43.1 Å². The molecule has 5 heteroatoms. The summed E-state index contributed by atoms with van der Waals surface area (Å²) in [5, 5.41) is 3.30. The van der Waals surface area contributed by atoms with E-state index in [4.69, 9.17) is 4.74 Å². The van der Waals surface area contributed by atoms with Crippen molar-refractivity contribution in [3.63, 3.8) is 0 Å². The Bertz CT molecular complexity index is 455. The van der Waals surface area contributed by atoms with Crippen molar-refractivity contribution in [3.8, 4) is 5.75 Å². The smallest absolute Gasteiger partial charge is 0.239 e. The van der Waals surface area contributed by atoms with E-state index in [0.29, 0.717) is 11.8 Å². The van der Waals surface area contributed by atoms with Crippen molar-refractivity contribution in [2.24, 2.45) is 5.92 Å². The van der Waals surface area contributed by atoms with Gasteiger partial charge >= 0.3 is 0 Å². The Morgan fingerprint density at radius 1 is 1.18 bits per heavy atom. The van der Waals surface area contributed by atoms with E-state index in [9.17, 15) is 4.79 Å². The number of amides is 1. The molecule has 4 nitrogen and oxygen atoms in total. The predicted molar refractivity (Wildman–Crippen MR) is 89.5 cm³/mol. The van der Waals surface area contributed by atoms with Gasteiger partial charge < -0.3 is 15.0 Å². The van der Waals surface area contributed by atoms with Crippen LogP contribution in [0.5, 0.6) is 5.75 Å². The Morgan fingerprint density at radius 3 is 2.55 bits per heavy atom. The van der Waals surface area contributed by atoms with Gasteiger partial charge in [0, 0.05) is 13.1 Å². The van der Waals surface area contributed by atoms with Gasteiger partial charge in [0.1, 0.15) is 5.75 Å². The first kappa shape index (κ1) is 17.1. The standard InChI is InChI=1S/C17H24N2O2.ClH/c20-17(16-7-4-10-18-16)19-11-8-14(9-12-19)13-21-15-5-2-1-3-6-15;/h1-3,5-6,14,16,18H,4,7-13H2;1H. The van der Waals surface area contributed by atoms with Crippen molar-refractivity contribution in [3.05, 3.63) is 30.3 Å². The SMILES string of the molecule is Cl.O=C(C1CCCN1)N1CCC(COc2ccccc2)CC1. The van der Waals surface area contributed by atoms with Crippen LogP contribution in [0, 0.1) is 5.92 Å². The number of benzene rings is 1. The summed E-state index contributed by atoms with van der Waals surface area (Å²) in [5.74, 6) is 1.80. The highest BCUT2D eigenvalue weighted by molar-refractivity contribution is 5.85. The number of para-hydroxylation sites is 1. The zero-order valence-corrected chi connectivity index (χ0v) is 13.7. The molecule has 1 N–H and O–H groups in total. The fraction of sp³-hybridized carbons (Fsp3) is 0.588. The van der Waals surface area contributed by atoms with Crippen LogP contribution < -0.4 is 10.1 Å². The average molecular weight is 325 g/mol. The lowest BCUT2D eigenvalue weighted by molar-refractivity contribution is -0.134. The number of hydrogen-bond donors (Lipinski definition) is 1. The Balaban J connectivity index is 0.00000176. The van der Waals surface area contributed by atoms with E-state index in [0.717, 1.165) is 57.7 Å². The third kappa shape index (κ3) is 4.37. The van der Waals surface area contributed by atoms with E-state index in [2.05, 4.69) is 5.32 Å². The number of piperidine rings is 1. The molecule has 2 aliphatic heterocycles. The molecule has 3 rings (SSSR count). The second-order valence-corrected chi connectivity index (χ2v) is 6.04. The first-order chi connectivity index (χ1) is 10.3. The topological polar surface area (TPSA) is 41.6 Å². The number of carbonyl (C=O) groups is 1. The maximum atomic E-state index is 12.3. The molecular formula is C17H25ClN2O2. The number of nitrogens with zero attached hydrogens (tertiary/aromatic N) is 1. The fourth-order valence-electron chi connectivity index (χ4n) is 3.17. The van der Waals surface area contributed by atoms with Gasteiger partial charge in [-0.2, -0.15) is 0 Å². The zero-order chi connectivity index (χ0) is 14.5. The van der Waals surface area contributed by atoms with Gasteiger partial charge in [-0.15, -0.1) is 12.4 Å². The van der Waals surface area contributed by atoms with E-state index in [1.807, 2.05) is 35.2 Å². The normalized spacial score (nSPS) is 22.2. The summed E-state index contributed by atoms with van der Waals surface area (Å²) in [5.41, 5.74) is 0. The summed E-state index contributed by atoms with van der Waals surface area (Å²) >= 11 is 0. The Morgan fingerprint density at radius 2 is 1.91 bits per heavy atom. The Labute approximate surface area is 138 Å². The van der Waals surface area contributed by atoms with E-state index in [1.54, 1.807) is 0 Å². The highest BCUT2D eigenvalue weighted by Gasteiger charge is 2.29. The summed E-state index contributed by atoms with van der Waals surface area (Å²) in [4.78, 5) is 14.3.